The summed E-state index contributed by atoms with van der Waals surface area (Å²) >= 11 is 0. The summed E-state index contributed by atoms with van der Waals surface area (Å²) in [4.78, 5) is 15.5. The maximum absolute atomic E-state index is 11.3. The van der Waals surface area contributed by atoms with Gasteiger partial charge in [-0.25, -0.2) is 4.98 Å². The normalized spacial score (nSPS) is 12.4. The minimum atomic E-state index is -0.482. The Morgan fingerprint density at radius 1 is 1.56 bits per heavy atom. The molecule has 5 nitrogen and oxygen atoms in total. The molecule has 1 unspecified atom stereocenters. The van der Waals surface area contributed by atoms with Crippen molar-refractivity contribution >= 4 is 11.7 Å². The van der Waals surface area contributed by atoms with E-state index in [9.17, 15) is 4.79 Å². The maximum atomic E-state index is 11.3. The zero-order chi connectivity index (χ0) is 13.5. The highest BCUT2D eigenvalue weighted by Crippen LogP contribution is 2.15. The summed E-state index contributed by atoms with van der Waals surface area (Å²) in [6.07, 6.45) is 1.63. The van der Waals surface area contributed by atoms with E-state index < -0.39 is 5.91 Å². The Hall–Kier alpha value is -1.62. The molecule has 100 valence electrons. The SMILES string of the molecule is CCOCC(Nc1ncccc1C(N)=O)C(C)C. The minimum Gasteiger partial charge on any atom is -0.380 e. The van der Waals surface area contributed by atoms with E-state index in [1.165, 1.54) is 0 Å². The third-order valence-corrected chi connectivity index (χ3v) is 2.70. The number of rotatable bonds is 7. The number of carbonyl (C=O) groups is 1. The summed E-state index contributed by atoms with van der Waals surface area (Å²) in [5, 5.41) is 3.23. The van der Waals surface area contributed by atoms with Crippen molar-refractivity contribution in [1.82, 2.24) is 4.98 Å². The van der Waals surface area contributed by atoms with E-state index in [1.807, 2.05) is 6.92 Å². The number of amides is 1. The van der Waals surface area contributed by atoms with Crippen molar-refractivity contribution in [1.29, 1.82) is 0 Å². The molecule has 1 aromatic rings. The molecule has 0 saturated heterocycles. The first-order valence-corrected chi connectivity index (χ1v) is 6.15. The van der Waals surface area contributed by atoms with Crippen LogP contribution in [0.1, 0.15) is 31.1 Å². The Bertz CT molecular complexity index is 394. The number of carbonyl (C=O) groups excluding carboxylic acids is 1. The Balaban J connectivity index is 2.83. The van der Waals surface area contributed by atoms with Crippen LogP contribution in [0.5, 0.6) is 0 Å². The fourth-order valence-corrected chi connectivity index (χ4v) is 1.54. The number of anilines is 1. The van der Waals surface area contributed by atoms with Gasteiger partial charge in [0.25, 0.3) is 5.91 Å². The number of nitrogens with zero attached hydrogens (tertiary/aromatic N) is 1. The van der Waals surface area contributed by atoms with Gasteiger partial charge in [0.05, 0.1) is 18.2 Å². The van der Waals surface area contributed by atoms with E-state index in [2.05, 4.69) is 24.1 Å². The number of aromatic nitrogens is 1. The van der Waals surface area contributed by atoms with Crippen molar-refractivity contribution in [3.63, 3.8) is 0 Å². The van der Waals surface area contributed by atoms with E-state index in [-0.39, 0.29) is 6.04 Å². The van der Waals surface area contributed by atoms with Gasteiger partial charge in [-0.1, -0.05) is 13.8 Å². The van der Waals surface area contributed by atoms with Crippen LogP contribution in [0.25, 0.3) is 0 Å². The molecule has 0 fully saturated rings. The lowest BCUT2D eigenvalue weighted by Crippen LogP contribution is -2.32. The lowest BCUT2D eigenvalue weighted by molar-refractivity contribution is 0.1000. The monoisotopic (exact) mass is 251 g/mol. The van der Waals surface area contributed by atoms with Gasteiger partial charge >= 0.3 is 0 Å². The first-order valence-electron chi connectivity index (χ1n) is 6.15. The van der Waals surface area contributed by atoms with E-state index in [1.54, 1.807) is 18.3 Å². The molecule has 0 aliphatic rings. The van der Waals surface area contributed by atoms with Crippen LogP contribution >= 0.6 is 0 Å². The molecule has 0 radical (unpaired) electrons. The molecule has 0 saturated carbocycles. The quantitative estimate of drug-likeness (QED) is 0.772. The number of nitrogens with one attached hydrogen (secondary N) is 1. The van der Waals surface area contributed by atoms with Crippen LogP contribution in [0.4, 0.5) is 5.82 Å². The van der Waals surface area contributed by atoms with Crippen LogP contribution in [0, 0.1) is 5.92 Å². The van der Waals surface area contributed by atoms with Crippen LogP contribution in [0.2, 0.25) is 0 Å². The van der Waals surface area contributed by atoms with Crippen molar-refractivity contribution in [3.8, 4) is 0 Å². The van der Waals surface area contributed by atoms with Gasteiger partial charge in [0.2, 0.25) is 0 Å². The highest BCUT2D eigenvalue weighted by atomic mass is 16.5. The van der Waals surface area contributed by atoms with Gasteiger partial charge in [0, 0.05) is 12.8 Å². The molecule has 0 aromatic carbocycles. The van der Waals surface area contributed by atoms with Gasteiger partial charge in [0.1, 0.15) is 5.82 Å². The van der Waals surface area contributed by atoms with Crippen molar-refractivity contribution in [2.75, 3.05) is 18.5 Å². The molecule has 3 N–H and O–H groups in total. The fraction of sp³-hybridized carbons (Fsp3) is 0.538. The number of pyridine rings is 1. The topological polar surface area (TPSA) is 77.2 Å². The Kier molecular flexibility index (Phi) is 5.58. The average Bonchev–Trinajstić information content (AvgIpc) is 2.34. The molecular weight excluding hydrogens is 230 g/mol. The van der Waals surface area contributed by atoms with E-state index in [0.29, 0.717) is 30.5 Å². The second-order valence-electron chi connectivity index (χ2n) is 4.42. The van der Waals surface area contributed by atoms with Crippen LogP contribution in [0.3, 0.4) is 0 Å². The number of hydrogen-bond donors (Lipinski definition) is 2. The van der Waals surface area contributed by atoms with Gasteiger partial charge in [-0.05, 0) is 25.0 Å². The third-order valence-electron chi connectivity index (χ3n) is 2.70. The smallest absolute Gasteiger partial charge is 0.252 e. The summed E-state index contributed by atoms with van der Waals surface area (Å²) in [7, 11) is 0. The Labute approximate surface area is 108 Å². The summed E-state index contributed by atoms with van der Waals surface area (Å²) in [6.45, 7) is 7.36. The zero-order valence-electron chi connectivity index (χ0n) is 11.1. The second-order valence-corrected chi connectivity index (χ2v) is 4.42. The molecule has 1 amide bonds. The largest absolute Gasteiger partial charge is 0.380 e. The number of ether oxygens (including phenoxy) is 1. The predicted octanol–water partition coefficient (Wildman–Crippen LogP) is 1.65. The van der Waals surface area contributed by atoms with Gasteiger partial charge in [-0.3, -0.25) is 4.79 Å². The number of nitrogens with two attached hydrogens (primary N) is 1. The summed E-state index contributed by atoms with van der Waals surface area (Å²) in [5.41, 5.74) is 5.72. The molecule has 1 atom stereocenters. The van der Waals surface area contributed by atoms with Crippen LogP contribution < -0.4 is 11.1 Å². The molecule has 0 aliphatic carbocycles. The van der Waals surface area contributed by atoms with Crippen LogP contribution in [0.15, 0.2) is 18.3 Å². The van der Waals surface area contributed by atoms with Crippen molar-refractivity contribution in [2.24, 2.45) is 11.7 Å². The molecule has 5 heteroatoms. The molecule has 0 spiro atoms. The van der Waals surface area contributed by atoms with Gasteiger partial charge in [-0.2, -0.15) is 0 Å². The molecule has 0 aliphatic heterocycles. The Morgan fingerprint density at radius 2 is 2.28 bits per heavy atom. The zero-order valence-corrected chi connectivity index (χ0v) is 11.1. The standard InChI is InChI=1S/C13H21N3O2/c1-4-18-8-11(9(2)3)16-13-10(12(14)17)6-5-7-15-13/h5-7,9,11H,4,8H2,1-3H3,(H2,14,17)(H,15,16). The highest BCUT2D eigenvalue weighted by Gasteiger charge is 2.17. The molecule has 1 aromatic heterocycles. The van der Waals surface area contributed by atoms with Crippen LogP contribution in [-0.2, 0) is 4.74 Å². The maximum Gasteiger partial charge on any atom is 0.252 e. The number of hydrogen-bond acceptors (Lipinski definition) is 4. The van der Waals surface area contributed by atoms with Crippen LogP contribution in [-0.4, -0.2) is 30.1 Å². The summed E-state index contributed by atoms with van der Waals surface area (Å²) in [5.74, 6) is 0.396. The lowest BCUT2D eigenvalue weighted by atomic mass is 10.0. The van der Waals surface area contributed by atoms with E-state index in [0.717, 1.165) is 0 Å². The molecular formula is C13H21N3O2. The second kappa shape index (κ2) is 6.96. The molecule has 0 bridgehead atoms. The Morgan fingerprint density at radius 3 is 2.83 bits per heavy atom. The summed E-state index contributed by atoms with van der Waals surface area (Å²) in [6, 6.07) is 3.45. The number of primary amides is 1. The van der Waals surface area contributed by atoms with Crippen molar-refractivity contribution in [3.05, 3.63) is 23.9 Å². The van der Waals surface area contributed by atoms with E-state index in [4.69, 9.17) is 10.5 Å². The van der Waals surface area contributed by atoms with Crippen molar-refractivity contribution < 1.29 is 9.53 Å². The third kappa shape index (κ3) is 4.00. The highest BCUT2D eigenvalue weighted by molar-refractivity contribution is 5.97. The molecule has 1 heterocycles. The van der Waals surface area contributed by atoms with E-state index >= 15 is 0 Å². The van der Waals surface area contributed by atoms with Gasteiger partial charge in [0.15, 0.2) is 0 Å². The fourth-order valence-electron chi connectivity index (χ4n) is 1.54. The van der Waals surface area contributed by atoms with Gasteiger partial charge < -0.3 is 15.8 Å². The average molecular weight is 251 g/mol. The molecule has 1 rings (SSSR count). The summed E-state index contributed by atoms with van der Waals surface area (Å²) < 4.78 is 5.42. The van der Waals surface area contributed by atoms with Crippen molar-refractivity contribution in [2.45, 2.75) is 26.8 Å². The first kappa shape index (κ1) is 14.4. The lowest BCUT2D eigenvalue weighted by Gasteiger charge is -2.23. The molecule has 18 heavy (non-hydrogen) atoms. The minimum absolute atomic E-state index is 0.0953. The predicted molar refractivity (Wildman–Crippen MR) is 71.5 cm³/mol. The first-order chi connectivity index (χ1) is 8.56. The van der Waals surface area contributed by atoms with Gasteiger partial charge in [-0.15, -0.1) is 0 Å².